The van der Waals surface area contributed by atoms with Crippen LogP contribution in [0.4, 0.5) is 33.7 Å². The van der Waals surface area contributed by atoms with Gasteiger partial charge in [0.25, 0.3) is 5.91 Å². The van der Waals surface area contributed by atoms with Crippen molar-refractivity contribution in [2.24, 2.45) is 0 Å². The number of ether oxygens (including phenoxy) is 3. The van der Waals surface area contributed by atoms with Gasteiger partial charge < -0.3 is 19.1 Å². The van der Waals surface area contributed by atoms with Gasteiger partial charge in [0.2, 0.25) is 5.88 Å². The second-order valence-corrected chi connectivity index (χ2v) is 12.7. The van der Waals surface area contributed by atoms with E-state index in [-0.39, 0.29) is 52.4 Å². The SMILES string of the molecule is CC(C)(C)OC(=O)OCCOc1nc(C2CC2)nc2c(F)cc(N3C(=S)N(c4ccc(C#N)c(C(F)(F)F)c4)C(=O)C3(C)C)cc12. The normalized spacial score (nSPS) is 16.5. The third kappa shape index (κ3) is 6.39. The van der Waals surface area contributed by atoms with Crippen LogP contribution in [0.15, 0.2) is 30.3 Å². The Kier molecular flexibility index (Phi) is 8.31. The minimum absolute atomic E-state index is 0.00783. The number of hydrogen-bond acceptors (Lipinski definition) is 9. The zero-order valence-corrected chi connectivity index (χ0v) is 26.3. The topological polar surface area (TPSA) is 118 Å². The van der Waals surface area contributed by atoms with Crippen LogP contribution in [0.3, 0.4) is 0 Å². The van der Waals surface area contributed by atoms with Gasteiger partial charge in [-0.05, 0) is 90.0 Å². The highest BCUT2D eigenvalue weighted by atomic mass is 32.1. The summed E-state index contributed by atoms with van der Waals surface area (Å²) in [6.07, 6.45) is -4.10. The molecule has 2 fully saturated rings. The first-order chi connectivity index (χ1) is 21.4. The van der Waals surface area contributed by atoms with Crippen LogP contribution in [0.25, 0.3) is 10.9 Å². The Hall–Kier alpha value is -4.58. The zero-order chi connectivity index (χ0) is 33.8. The van der Waals surface area contributed by atoms with Crippen LogP contribution >= 0.6 is 12.2 Å². The van der Waals surface area contributed by atoms with Crippen molar-refractivity contribution in [1.29, 1.82) is 5.26 Å². The second-order valence-electron chi connectivity index (χ2n) is 12.3. The molecule has 10 nitrogen and oxygen atoms in total. The molecule has 242 valence electrons. The summed E-state index contributed by atoms with van der Waals surface area (Å²) in [7, 11) is 0. The van der Waals surface area contributed by atoms with Crippen molar-refractivity contribution in [3.05, 3.63) is 53.1 Å². The Bertz CT molecular complexity index is 1800. The van der Waals surface area contributed by atoms with E-state index in [0.717, 1.165) is 29.9 Å². The van der Waals surface area contributed by atoms with E-state index in [1.165, 1.54) is 36.9 Å². The van der Waals surface area contributed by atoms with E-state index in [1.54, 1.807) is 20.8 Å². The molecule has 2 aliphatic rings. The van der Waals surface area contributed by atoms with E-state index in [2.05, 4.69) is 9.97 Å². The number of aromatic nitrogens is 2. The number of alkyl halides is 3. The van der Waals surface area contributed by atoms with E-state index >= 15 is 4.39 Å². The summed E-state index contributed by atoms with van der Waals surface area (Å²) in [6.45, 7) is 7.71. The van der Waals surface area contributed by atoms with Gasteiger partial charge in [-0.1, -0.05) is 0 Å². The highest BCUT2D eigenvalue weighted by molar-refractivity contribution is 7.81. The molecule has 1 aliphatic heterocycles. The number of rotatable bonds is 7. The van der Waals surface area contributed by atoms with Crippen LogP contribution in [0.5, 0.6) is 5.88 Å². The summed E-state index contributed by atoms with van der Waals surface area (Å²) >= 11 is 5.60. The molecule has 46 heavy (non-hydrogen) atoms. The van der Waals surface area contributed by atoms with Crippen molar-refractivity contribution in [3.8, 4) is 11.9 Å². The lowest BCUT2D eigenvalue weighted by Crippen LogP contribution is -2.44. The van der Waals surface area contributed by atoms with Gasteiger partial charge in [-0.2, -0.15) is 23.4 Å². The van der Waals surface area contributed by atoms with Crippen LogP contribution in [0.1, 0.15) is 70.3 Å². The van der Waals surface area contributed by atoms with E-state index < -0.39 is 46.3 Å². The van der Waals surface area contributed by atoms with Crippen LogP contribution in [0.2, 0.25) is 0 Å². The number of thiocarbonyl (C=S) groups is 1. The summed E-state index contributed by atoms with van der Waals surface area (Å²) in [5, 5.41) is 9.11. The van der Waals surface area contributed by atoms with Crippen molar-refractivity contribution < 1.29 is 41.4 Å². The van der Waals surface area contributed by atoms with Crippen molar-refractivity contribution >= 4 is 51.7 Å². The summed E-state index contributed by atoms with van der Waals surface area (Å²) < 4.78 is 73.0. The number of halogens is 4. The number of nitriles is 1. The van der Waals surface area contributed by atoms with Crippen molar-refractivity contribution in [1.82, 2.24) is 9.97 Å². The number of nitrogens with zero attached hydrogens (tertiary/aromatic N) is 5. The molecule has 0 radical (unpaired) electrons. The quantitative estimate of drug-likeness (QED) is 0.116. The van der Waals surface area contributed by atoms with Gasteiger partial charge in [0.05, 0.1) is 28.3 Å². The highest BCUT2D eigenvalue weighted by Gasteiger charge is 2.51. The maximum atomic E-state index is 15.8. The van der Waals surface area contributed by atoms with Gasteiger partial charge >= 0.3 is 12.3 Å². The maximum absolute atomic E-state index is 15.8. The number of anilines is 2. The molecule has 5 rings (SSSR count). The highest BCUT2D eigenvalue weighted by Crippen LogP contribution is 2.43. The van der Waals surface area contributed by atoms with Crippen molar-refractivity contribution in [2.45, 2.75) is 70.7 Å². The molecule has 0 bridgehead atoms. The largest absolute Gasteiger partial charge is 0.508 e. The number of carbonyl (C=O) groups is 2. The zero-order valence-electron chi connectivity index (χ0n) is 25.5. The summed E-state index contributed by atoms with van der Waals surface area (Å²) in [6, 6.07) is 6.95. The first kappa shape index (κ1) is 32.8. The number of carbonyl (C=O) groups excluding carboxylic acids is 2. The molecule has 0 spiro atoms. The van der Waals surface area contributed by atoms with E-state index in [1.807, 2.05) is 0 Å². The molecular weight excluding hydrogens is 630 g/mol. The molecule has 3 aromatic rings. The third-order valence-electron chi connectivity index (χ3n) is 7.21. The van der Waals surface area contributed by atoms with Gasteiger partial charge in [-0.25, -0.2) is 14.2 Å². The Morgan fingerprint density at radius 1 is 1.11 bits per heavy atom. The molecule has 0 atom stereocenters. The molecule has 1 saturated heterocycles. The average Bonchev–Trinajstić information content (AvgIpc) is 3.77. The molecule has 0 unspecified atom stereocenters. The number of amides is 1. The average molecular weight is 660 g/mol. The maximum Gasteiger partial charge on any atom is 0.508 e. The molecule has 1 aliphatic carbocycles. The molecule has 1 amide bonds. The monoisotopic (exact) mass is 659 g/mol. The fourth-order valence-corrected chi connectivity index (χ4v) is 5.45. The van der Waals surface area contributed by atoms with Gasteiger partial charge in [0, 0.05) is 11.6 Å². The van der Waals surface area contributed by atoms with Crippen molar-refractivity contribution in [2.75, 3.05) is 23.0 Å². The lowest BCUT2D eigenvalue weighted by atomic mass is 10.0. The van der Waals surface area contributed by atoms with Gasteiger partial charge in [0.1, 0.15) is 35.7 Å². The fraction of sp³-hybridized carbons (Fsp3) is 0.419. The lowest BCUT2D eigenvalue weighted by Gasteiger charge is -2.29. The third-order valence-corrected chi connectivity index (χ3v) is 7.57. The summed E-state index contributed by atoms with van der Waals surface area (Å²) in [5.41, 5.74) is -4.22. The van der Waals surface area contributed by atoms with Crippen LogP contribution < -0.4 is 14.5 Å². The predicted molar refractivity (Wildman–Crippen MR) is 162 cm³/mol. The molecule has 2 aromatic carbocycles. The Labute approximate surface area is 266 Å². The smallest absolute Gasteiger partial charge is 0.474 e. The van der Waals surface area contributed by atoms with Gasteiger partial charge in [-0.3, -0.25) is 9.69 Å². The fourth-order valence-electron chi connectivity index (χ4n) is 4.93. The van der Waals surface area contributed by atoms with Crippen molar-refractivity contribution in [3.63, 3.8) is 0 Å². The first-order valence-electron chi connectivity index (χ1n) is 14.2. The number of fused-ring (bicyclic) bond motifs is 1. The number of benzene rings is 2. The second kappa shape index (κ2) is 11.7. The molecule has 1 aromatic heterocycles. The predicted octanol–water partition coefficient (Wildman–Crippen LogP) is 6.78. The minimum atomic E-state index is -4.87. The number of hydrogen-bond donors (Lipinski definition) is 0. The molecule has 2 heterocycles. The minimum Gasteiger partial charge on any atom is -0.474 e. The Morgan fingerprint density at radius 2 is 1.80 bits per heavy atom. The summed E-state index contributed by atoms with van der Waals surface area (Å²) in [5.74, 6) is -1.01. The molecule has 1 saturated carbocycles. The lowest BCUT2D eigenvalue weighted by molar-refractivity contribution is -0.137. The Morgan fingerprint density at radius 3 is 2.41 bits per heavy atom. The molecule has 0 N–H and O–H groups in total. The molecule has 15 heteroatoms. The molecular formula is C31H29F4N5O5S. The summed E-state index contributed by atoms with van der Waals surface area (Å²) in [4.78, 5) is 36.7. The van der Waals surface area contributed by atoms with Crippen LogP contribution in [0, 0.1) is 17.1 Å². The van der Waals surface area contributed by atoms with E-state index in [4.69, 9.17) is 26.4 Å². The van der Waals surface area contributed by atoms with Crippen LogP contribution in [-0.4, -0.2) is 51.5 Å². The van der Waals surface area contributed by atoms with E-state index in [0.29, 0.717) is 11.9 Å². The van der Waals surface area contributed by atoms with Gasteiger partial charge in [-0.15, -0.1) is 0 Å². The first-order valence-corrected chi connectivity index (χ1v) is 14.6. The Balaban J connectivity index is 1.50. The van der Waals surface area contributed by atoms with Gasteiger partial charge in [0.15, 0.2) is 10.9 Å². The van der Waals surface area contributed by atoms with Crippen LogP contribution in [-0.2, 0) is 20.4 Å². The standard InChI is InChI=1S/C31H29F4N5O5S/c1-29(2,3)45-28(42)44-11-10-43-25-20-12-19(14-22(32)23(20)37-24(38-25)16-6-7-16)40-27(46)39(26(41)30(40,4)5)18-9-8-17(15-36)21(13-18)31(33,34)35/h8-9,12-14,16H,6-7,10-11H2,1-5H3. The van der Waals surface area contributed by atoms with E-state index in [9.17, 15) is 28.0 Å².